The fourth-order valence-corrected chi connectivity index (χ4v) is 4.34. The standard InChI is InChI=1S/C24H29N5O4/c1-15-19-13-26-24(27-20-9-8-17(12-25-20)14-33-11-10-32-3)28-22(19)29(18-6-4-5-7-18)23(31)21(15)16(2)30/h8-9,12-13,18H,4-7,10-11,14H2,1-3H3,(H,25,26,27,28). The molecule has 1 aliphatic carbocycles. The van der Waals surface area contributed by atoms with E-state index in [4.69, 9.17) is 9.47 Å². The lowest BCUT2D eigenvalue weighted by atomic mass is 10.0. The number of hydrogen-bond acceptors (Lipinski definition) is 8. The van der Waals surface area contributed by atoms with Gasteiger partial charge in [-0.2, -0.15) is 4.98 Å². The first-order valence-electron chi connectivity index (χ1n) is 11.2. The monoisotopic (exact) mass is 451 g/mol. The number of ether oxygens (including phenoxy) is 2. The molecule has 9 nitrogen and oxygen atoms in total. The Balaban J connectivity index is 1.65. The summed E-state index contributed by atoms with van der Waals surface area (Å²) in [6.07, 6.45) is 7.33. The van der Waals surface area contributed by atoms with Crippen molar-refractivity contribution in [2.75, 3.05) is 25.6 Å². The number of pyridine rings is 2. The van der Waals surface area contributed by atoms with Crippen molar-refractivity contribution in [1.82, 2.24) is 19.5 Å². The minimum atomic E-state index is -0.264. The Morgan fingerprint density at radius 2 is 1.97 bits per heavy atom. The number of hydrogen-bond donors (Lipinski definition) is 1. The predicted molar refractivity (Wildman–Crippen MR) is 125 cm³/mol. The molecule has 1 aliphatic rings. The van der Waals surface area contributed by atoms with Gasteiger partial charge in [-0.3, -0.25) is 14.2 Å². The molecule has 1 fully saturated rings. The molecule has 0 atom stereocenters. The zero-order valence-corrected chi connectivity index (χ0v) is 19.3. The lowest BCUT2D eigenvalue weighted by Gasteiger charge is -2.19. The van der Waals surface area contributed by atoms with Crippen LogP contribution in [-0.2, 0) is 16.1 Å². The van der Waals surface area contributed by atoms with Crippen LogP contribution in [0.1, 0.15) is 60.1 Å². The molecule has 0 aliphatic heterocycles. The van der Waals surface area contributed by atoms with Crippen LogP contribution >= 0.6 is 0 Å². The highest BCUT2D eigenvalue weighted by molar-refractivity contribution is 5.99. The van der Waals surface area contributed by atoms with E-state index >= 15 is 0 Å². The second-order valence-electron chi connectivity index (χ2n) is 8.32. The first-order chi connectivity index (χ1) is 16.0. The van der Waals surface area contributed by atoms with Gasteiger partial charge in [0.1, 0.15) is 11.5 Å². The van der Waals surface area contributed by atoms with Crippen molar-refractivity contribution in [1.29, 1.82) is 0 Å². The number of methoxy groups -OCH3 is 1. The number of nitrogens with zero attached hydrogens (tertiary/aromatic N) is 4. The van der Waals surface area contributed by atoms with Crippen LogP contribution in [0.4, 0.5) is 11.8 Å². The van der Waals surface area contributed by atoms with E-state index in [1.54, 1.807) is 31.0 Å². The van der Waals surface area contributed by atoms with Crippen LogP contribution in [-0.4, -0.2) is 45.6 Å². The third-order valence-electron chi connectivity index (χ3n) is 6.02. The minimum absolute atomic E-state index is 0.0389. The van der Waals surface area contributed by atoms with Crippen LogP contribution in [0.25, 0.3) is 11.0 Å². The molecule has 174 valence electrons. The Kier molecular flexibility index (Phi) is 7.10. The lowest BCUT2D eigenvalue weighted by Crippen LogP contribution is -2.30. The topological polar surface area (TPSA) is 108 Å². The van der Waals surface area contributed by atoms with Gasteiger partial charge in [-0.15, -0.1) is 0 Å². The smallest absolute Gasteiger partial charge is 0.263 e. The Morgan fingerprint density at radius 3 is 2.64 bits per heavy atom. The van der Waals surface area contributed by atoms with Crippen LogP contribution < -0.4 is 10.9 Å². The van der Waals surface area contributed by atoms with E-state index in [0.29, 0.717) is 48.2 Å². The number of aryl methyl sites for hydroxylation is 1. The average Bonchev–Trinajstić information content (AvgIpc) is 3.32. The van der Waals surface area contributed by atoms with Gasteiger partial charge in [0.25, 0.3) is 5.56 Å². The van der Waals surface area contributed by atoms with Gasteiger partial charge in [-0.25, -0.2) is 9.97 Å². The Morgan fingerprint density at radius 1 is 1.18 bits per heavy atom. The second-order valence-corrected chi connectivity index (χ2v) is 8.32. The first-order valence-corrected chi connectivity index (χ1v) is 11.2. The largest absolute Gasteiger partial charge is 0.382 e. The first kappa shape index (κ1) is 23.0. The molecule has 4 rings (SSSR count). The van der Waals surface area contributed by atoms with Crippen LogP contribution in [0.3, 0.4) is 0 Å². The molecule has 0 radical (unpaired) electrons. The molecule has 1 saturated carbocycles. The molecule has 9 heteroatoms. The molecule has 3 aromatic rings. The highest BCUT2D eigenvalue weighted by Gasteiger charge is 2.25. The summed E-state index contributed by atoms with van der Waals surface area (Å²) in [5.41, 5.74) is 2.08. The van der Waals surface area contributed by atoms with Crippen LogP contribution in [0.15, 0.2) is 29.3 Å². The lowest BCUT2D eigenvalue weighted by molar-refractivity contribution is 0.0615. The molecule has 0 bridgehead atoms. The fourth-order valence-electron chi connectivity index (χ4n) is 4.34. The zero-order chi connectivity index (χ0) is 23.4. The van der Waals surface area contributed by atoms with Crippen LogP contribution in [0.2, 0.25) is 0 Å². The number of fused-ring (bicyclic) bond motifs is 1. The van der Waals surface area contributed by atoms with Crippen molar-refractivity contribution < 1.29 is 14.3 Å². The van der Waals surface area contributed by atoms with E-state index in [2.05, 4.69) is 20.3 Å². The average molecular weight is 452 g/mol. The number of carbonyl (C=O) groups excluding carboxylic acids is 1. The molecule has 0 amide bonds. The highest BCUT2D eigenvalue weighted by atomic mass is 16.5. The maximum atomic E-state index is 13.3. The SMILES string of the molecule is COCCOCc1ccc(Nc2ncc3c(C)c(C(C)=O)c(=O)n(C4CCCC4)c3n2)nc1. The number of aromatic nitrogens is 4. The van der Waals surface area contributed by atoms with Crippen molar-refractivity contribution >= 4 is 28.6 Å². The highest BCUT2D eigenvalue weighted by Crippen LogP contribution is 2.32. The van der Waals surface area contributed by atoms with E-state index in [1.807, 2.05) is 12.1 Å². The molecular weight excluding hydrogens is 422 g/mol. The maximum absolute atomic E-state index is 13.3. The van der Waals surface area contributed by atoms with Gasteiger partial charge in [0.2, 0.25) is 5.95 Å². The van der Waals surface area contributed by atoms with Crippen molar-refractivity contribution in [3.63, 3.8) is 0 Å². The molecule has 0 saturated heterocycles. The van der Waals surface area contributed by atoms with Crippen molar-refractivity contribution in [3.8, 4) is 0 Å². The van der Waals surface area contributed by atoms with E-state index < -0.39 is 0 Å². The molecule has 1 N–H and O–H groups in total. The predicted octanol–water partition coefficient (Wildman–Crippen LogP) is 3.72. The summed E-state index contributed by atoms with van der Waals surface area (Å²) in [5, 5.41) is 3.83. The van der Waals surface area contributed by atoms with Gasteiger partial charge in [-0.1, -0.05) is 18.9 Å². The van der Waals surface area contributed by atoms with Crippen molar-refractivity contribution in [3.05, 3.63) is 51.6 Å². The minimum Gasteiger partial charge on any atom is -0.382 e. The van der Waals surface area contributed by atoms with E-state index in [0.717, 1.165) is 31.2 Å². The van der Waals surface area contributed by atoms with Gasteiger partial charge in [0.15, 0.2) is 5.78 Å². The molecule has 3 heterocycles. The Bertz CT molecular complexity index is 1200. The van der Waals surface area contributed by atoms with E-state index in [-0.39, 0.29) is 22.9 Å². The summed E-state index contributed by atoms with van der Waals surface area (Å²) in [6, 6.07) is 3.79. The quantitative estimate of drug-likeness (QED) is 0.387. The second kappa shape index (κ2) is 10.2. The van der Waals surface area contributed by atoms with Gasteiger partial charge >= 0.3 is 0 Å². The fraction of sp³-hybridized carbons (Fsp3) is 0.458. The van der Waals surface area contributed by atoms with Gasteiger partial charge in [-0.05, 0) is 43.9 Å². The van der Waals surface area contributed by atoms with Gasteiger partial charge in [0.05, 0.1) is 25.4 Å². The molecule has 33 heavy (non-hydrogen) atoms. The molecule has 0 unspecified atom stereocenters. The molecule has 3 aromatic heterocycles. The summed E-state index contributed by atoms with van der Waals surface area (Å²) in [7, 11) is 1.64. The summed E-state index contributed by atoms with van der Waals surface area (Å²) < 4.78 is 12.2. The summed E-state index contributed by atoms with van der Waals surface area (Å²) in [6.45, 7) is 4.74. The summed E-state index contributed by atoms with van der Waals surface area (Å²) in [5.74, 6) is 0.700. The van der Waals surface area contributed by atoms with E-state index in [1.165, 1.54) is 6.92 Å². The van der Waals surface area contributed by atoms with Crippen LogP contribution in [0.5, 0.6) is 0 Å². The third-order valence-corrected chi connectivity index (χ3v) is 6.02. The number of rotatable bonds is 9. The number of ketones is 1. The van der Waals surface area contributed by atoms with E-state index in [9.17, 15) is 9.59 Å². The number of carbonyl (C=O) groups is 1. The number of nitrogens with one attached hydrogen (secondary N) is 1. The summed E-state index contributed by atoms with van der Waals surface area (Å²) >= 11 is 0. The van der Waals surface area contributed by atoms with Crippen molar-refractivity contribution in [2.45, 2.75) is 52.2 Å². The normalized spacial score (nSPS) is 14.2. The van der Waals surface area contributed by atoms with Gasteiger partial charge < -0.3 is 14.8 Å². The molecule has 0 spiro atoms. The van der Waals surface area contributed by atoms with Crippen molar-refractivity contribution in [2.24, 2.45) is 0 Å². The molecular formula is C24H29N5O4. The number of Topliss-reactive ketones (excluding diaryl/α,β-unsaturated/α-hetero) is 1. The molecule has 0 aromatic carbocycles. The Hall–Kier alpha value is -3.17. The summed E-state index contributed by atoms with van der Waals surface area (Å²) in [4.78, 5) is 39.1. The third kappa shape index (κ3) is 4.94. The maximum Gasteiger partial charge on any atom is 0.263 e. The number of anilines is 2. The van der Waals surface area contributed by atoms with Crippen LogP contribution in [0, 0.1) is 6.92 Å². The Labute approximate surface area is 192 Å². The van der Waals surface area contributed by atoms with Gasteiger partial charge in [0, 0.05) is 30.9 Å². The zero-order valence-electron chi connectivity index (χ0n) is 19.3.